The summed E-state index contributed by atoms with van der Waals surface area (Å²) < 4.78 is 0. The third-order valence-electron chi connectivity index (χ3n) is 3.88. The van der Waals surface area contributed by atoms with Crippen molar-refractivity contribution in [2.45, 2.75) is 51.4 Å². The van der Waals surface area contributed by atoms with Gasteiger partial charge in [-0.15, -0.1) is 0 Å². The zero-order chi connectivity index (χ0) is 9.97. The third kappa shape index (κ3) is 2.08. The number of carbonyl (C=O) groups excluding carboxylic acids is 1. The van der Waals surface area contributed by atoms with Crippen LogP contribution < -0.4 is 0 Å². The molecule has 2 unspecified atom stereocenters. The van der Waals surface area contributed by atoms with Gasteiger partial charge in [-0.05, 0) is 37.5 Å². The Bertz CT molecular complexity index is 242. The van der Waals surface area contributed by atoms with E-state index in [1.54, 1.807) is 0 Å². The predicted octanol–water partition coefficient (Wildman–Crippen LogP) is 3.49. The van der Waals surface area contributed by atoms with Gasteiger partial charge in [-0.1, -0.05) is 25.0 Å². The molecule has 0 bridgehead atoms. The number of rotatable bonds is 0. The summed E-state index contributed by atoms with van der Waals surface area (Å²) in [5.74, 6) is 1.81. The fourth-order valence-electron chi connectivity index (χ4n) is 3.08. The van der Waals surface area contributed by atoms with Crippen LogP contribution in [0.3, 0.4) is 0 Å². The summed E-state index contributed by atoms with van der Waals surface area (Å²) in [6.07, 6.45) is 8.97. The van der Waals surface area contributed by atoms with E-state index in [0.29, 0.717) is 17.6 Å². The first-order chi connectivity index (χ1) is 6.77. The van der Waals surface area contributed by atoms with Crippen molar-refractivity contribution in [1.29, 1.82) is 0 Å². The molecule has 2 aliphatic carbocycles. The lowest BCUT2D eigenvalue weighted by molar-refractivity contribution is -0.120. The van der Waals surface area contributed by atoms with Crippen molar-refractivity contribution in [2.24, 2.45) is 11.8 Å². The minimum atomic E-state index is 0.495. The number of ketones is 1. The largest absolute Gasteiger partial charge is 0.300 e. The van der Waals surface area contributed by atoms with Crippen LogP contribution in [0.2, 0.25) is 0 Å². The molecule has 0 aromatic carbocycles. The van der Waals surface area contributed by atoms with Gasteiger partial charge in [0.2, 0.25) is 0 Å². The van der Waals surface area contributed by atoms with E-state index >= 15 is 0 Å². The number of hydrogen-bond donors (Lipinski definition) is 0. The van der Waals surface area contributed by atoms with Crippen molar-refractivity contribution in [3.05, 3.63) is 12.2 Å². The van der Waals surface area contributed by atoms with E-state index in [4.69, 9.17) is 0 Å². The molecule has 2 atom stereocenters. The molecule has 0 aromatic heterocycles. The van der Waals surface area contributed by atoms with Crippen LogP contribution >= 0.6 is 0 Å². The zero-order valence-corrected chi connectivity index (χ0v) is 8.93. The lowest BCUT2D eigenvalue weighted by Crippen LogP contribution is -2.25. The van der Waals surface area contributed by atoms with E-state index in [1.807, 2.05) is 0 Å². The molecule has 1 nitrogen and oxygen atoms in total. The normalized spacial score (nSPS) is 34.6. The fraction of sp³-hybridized carbons (Fsp3) is 0.769. The molecular weight excluding hydrogens is 172 g/mol. The summed E-state index contributed by atoms with van der Waals surface area (Å²) in [5.41, 5.74) is 1.43. The van der Waals surface area contributed by atoms with Crippen LogP contribution in [0, 0.1) is 11.8 Å². The summed E-state index contributed by atoms with van der Waals surface area (Å²) in [6.45, 7) is 4.21. The number of carbonyl (C=O) groups is 1. The van der Waals surface area contributed by atoms with Gasteiger partial charge in [0.1, 0.15) is 5.78 Å². The summed E-state index contributed by atoms with van der Waals surface area (Å²) >= 11 is 0. The van der Waals surface area contributed by atoms with E-state index in [-0.39, 0.29) is 0 Å². The second-order valence-electron chi connectivity index (χ2n) is 4.91. The van der Waals surface area contributed by atoms with Crippen LogP contribution in [-0.4, -0.2) is 5.78 Å². The van der Waals surface area contributed by atoms with Gasteiger partial charge in [-0.2, -0.15) is 0 Å². The Morgan fingerprint density at radius 3 is 2.71 bits per heavy atom. The highest BCUT2D eigenvalue weighted by atomic mass is 16.1. The molecule has 0 saturated heterocycles. The summed E-state index contributed by atoms with van der Waals surface area (Å²) in [7, 11) is 0. The standard InChI is InChI=1S/C13H20O/c1-10-5-4-7-12(14)9-11-6-2-3-8-13(10)11/h11,13H,1-9H2. The number of Topliss-reactive ketones (excluding diaryl/α,β-unsaturated/α-hetero) is 1. The van der Waals surface area contributed by atoms with Crippen molar-refractivity contribution in [2.75, 3.05) is 0 Å². The summed E-state index contributed by atoms with van der Waals surface area (Å²) in [6, 6.07) is 0. The Labute approximate surface area is 86.6 Å². The zero-order valence-electron chi connectivity index (χ0n) is 8.93. The minimum Gasteiger partial charge on any atom is -0.300 e. The Hall–Kier alpha value is -0.590. The highest BCUT2D eigenvalue weighted by Gasteiger charge is 2.29. The molecule has 2 saturated carbocycles. The van der Waals surface area contributed by atoms with E-state index in [9.17, 15) is 4.79 Å². The van der Waals surface area contributed by atoms with Crippen molar-refractivity contribution in [1.82, 2.24) is 0 Å². The molecule has 0 N–H and O–H groups in total. The van der Waals surface area contributed by atoms with Crippen molar-refractivity contribution in [3.63, 3.8) is 0 Å². The predicted molar refractivity (Wildman–Crippen MR) is 58.1 cm³/mol. The van der Waals surface area contributed by atoms with Crippen molar-refractivity contribution < 1.29 is 4.79 Å². The van der Waals surface area contributed by atoms with Gasteiger partial charge in [0, 0.05) is 12.8 Å². The molecule has 2 rings (SSSR count). The third-order valence-corrected chi connectivity index (χ3v) is 3.88. The van der Waals surface area contributed by atoms with Gasteiger partial charge >= 0.3 is 0 Å². The van der Waals surface area contributed by atoms with Crippen LogP contribution in [-0.2, 0) is 4.79 Å². The first-order valence-electron chi connectivity index (χ1n) is 5.97. The van der Waals surface area contributed by atoms with Gasteiger partial charge in [0.15, 0.2) is 0 Å². The molecule has 1 heteroatoms. The molecule has 0 spiro atoms. The maximum atomic E-state index is 11.6. The number of allylic oxidation sites excluding steroid dienone is 1. The van der Waals surface area contributed by atoms with E-state index in [2.05, 4.69) is 6.58 Å². The SMILES string of the molecule is C=C1CCCC(=O)CC2CCCCC12. The number of fused-ring (bicyclic) bond motifs is 1. The Balaban J connectivity index is 2.09. The van der Waals surface area contributed by atoms with Crippen molar-refractivity contribution in [3.8, 4) is 0 Å². The first kappa shape index (κ1) is 9.95. The van der Waals surface area contributed by atoms with Gasteiger partial charge < -0.3 is 0 Å². The van der Waals surface area contributed by atoms with E-state index in [0.717, 1.165) is 25.7 Å². The van der Waals surface area contributed by atoms with Gasteiger partial charge in [0.05, 0.1) is 0 Å². The summed E-state index contributed by atoms with van der Waals surface area (Å²) in [4.78, 5) is 11.6. The molecular formula is C13H20O. The topological polar surface area (TPSA) is 17.1 Å². The Kier molecular flexibility index (Phi) is 3.05. The second kappa shape index (κ2) is 4.29. The molecule has 0 heterocycles. The second-order valence-corrected chi connectivity index (χ2v) is 4.91. The van der Waals surface area contributed by atoms with Crippen LogP contribution in [0.5, 0.6) is 0 Å². The van der Waals surface area contributed by atoms with E-state index in [1.165, 1.54) is 31.3 Å². The highest BCUT2D eigenvalue weighted by Crippen LogP contribution is 2.39. The molecule has 14 heavy (non-hydrogen) atoms. The average Bonchev–Trinajstić information content (AvgIpc) is 2.16. The first-order valence-corrected chi connectivity index (χ1v) is 5.97. The average molecular weight is 192 g/mol. The van der Waals surface area contributed by atoms with Crippen LogP contribution in [0.1, 0.15) is 51.4 Å². The molecule has 0 radical (unpaired) electrons. The highest BCUT2D eigenvalue weighted by molar-refractivity contribution is 5.78. The maximum absolute atomic E-state index is 11.6. The molecule has 2 fully saturated rings. The molecule has 0 aromatic rings. The number of hydrogen-bond acceptors (Lipinski definition) is 1. The lowest BCUT2D eigenvalue weighted by Gasteiger charge is -2.34. The smallest absolute Gasteiger partial charge is 0.133 e. The van der Waals surface area contributed by atoms with Crippen LogP contribution in [0.4, 0.5) is 0 Å². The molecule has 0 aliphatic heterocycles. The van der Waals surface area contributed by atoms with Crippen LogP contribution in [0.15, 0.2) is 12.2 Å². The van der Waals surface area contributed by atoms with E-state index < -0.39 is 0 Å². The van der Waals surface area contributed by atoms with Crippen molar-refractivity contribution >= 4 is 5.78 Å². The monoisotopic (exact) mass is 192 g/mol. The lowest BCUT2D eigenvalue weighted by atomic mass is 9.71. The molecule has 0 amide bonds. The Morgan fingerprint density at radius 1 is 1.07 bits per heavy atom. The van der Waals surface area contributed by atoms with Gasteiger partial charge in [-0.3, -0.25) is 4.79 Å². The van der Waals surface area contributed by atoms with Gasteiger partial charge in [0.25, 0.3) is 0 Å². The van der Waals surface area contributed by atoms with Gasteiger partial charge in [-0.25, -0.2) is 0 Å². The fourth-order valence-corrected chi connectivity index (χ4v) is 3.08. The quantitative estimate of drug-likeness (QED) is 0.537. The molecule has 78 valence electrons. The maximum Gasteiger partial charge on any atom is 0.133 e. The minimum absolute atomic E-state index is 0.495. The molecule has 2 aliphatic rings. The van der Waals surface area contributed by atoms with Crippen LogP contribution in [0.25, 0.3) is 0 Å². The Morgan fingerprint density at radius 2 is 1.86 bits per heavy atom. The summed E-state index contributed by atoms with van der Waals surface area (Å²) in [5, 5.41) is 0.